The van der Waals surface area contributed by atoms with Crippen molar-refractivity contribution < 1.29 is 19.4 Å². The van der Waals surface area contributed by atoms with Crippen molar-refractivity contribution in [2.75, 3.05) is 18.0 Å². The van der Waals surface area contributed by atoms with E-state index in [0.29, 0.717) is 16.0 Å². The monoisotopic (exact) mass is 538 g/mol. The number of hydrogen-bond donors (Lipinski definition) is 2. The Labute approximate surface area is 224 Å². The minimum absolute atomic E-state index is 0.00458. The molecule has 0 atom stereocenters. The minimum atomic E-state index is -1.10. The number of carboxylic acids is 1. The van der Waals surface area contributed by atoms with Gasteiger partial charge in [0, 0.05) is 35.8 Å². The van der Waals surface area contributed by atoms with E-state index >= 15 is 0 Å². The average molecular weight is 539 g/mol. The molecule has 0 bridgehead atoms. The van der Waals surface area contributed by atoms with Crippen molar-refractivity contribution >= 4 is 58.3 Å². The Kier molecular flexibility index (Phi) is 6.01. The first kappa shape index (κ1) is 25.5. The molecule has 0 radical (unpaired) electrons. The Hall–Kier alpha value is -3.13. The molecule has 0 aliphatic carbocycles. The van der Waals surface area contributed by atoms with E-state index < -0.39 is 18.1 Å². The van der Waals surface area contributed by atoms with Gasteiger partial charge in [0.15, 0.2) is 3.95 Å². The molecule has 2 aromatic heterocycles. The Morgan fingerprint density at radius 3 is 2.57 bits per heavy atom. The average Bonchev–Trinajstić information content (AvgIpc) is 3.06. The number of nitrogens with zero attached hydrogens (tertiary/aromatic N) is 2. The summed E-state index contributed by atoms with van der Waals surface area (Å²) in [7, 11) is 0. The molecule has 194 valence electrons. The molecule has 5 rings (SSSR count). The largest absolute Gasteiger partial charge is 0.493 e. The second kappa shape index (κ2) is 8.72. The predicted molar refractivity (Wildman–Crippen MR) is 150 cm³/mol. The number of aromatic hydroxyl groups is 1. The summed E-state index contributed by atoms with van der Waals surface area (Å²) >= 11 is 6.25. The van der Waals surface area contributed by atoms with Crippen molar-refractivity contribution in [1.82, 2.24) is 4.57 Å². The van der Waals surface area contributed by atoms with Crippen LogP contribution in [0.2, 0.25) is 0 Å². The molecular weight excluding hydrogens is 508 g/mol. The molecule has 0 saturated heterocycles. The maximum atomic E-state index is 13.2. The standard InChI is InChI=1S/C28H30N2O5S2/c1-15-16(7-6-8-19-24(33)30(14-20(31)32)26(36)37-19)25(34)35-23-17(15)13-18-22-21(23)28(4,5)10-12-29(22)11-9-27(18,2)3/h7-8,13,33H,9-12,14H2,1-5H3,(H,31,32). The number of fused-ring (bicyclic) bond motifs is 2. The molecule has 0 spiro atoms. The maximum Gasteiger partial charge on any atom is 0.344 e. The fourth-order valence-electron chi connectivity index (χ4n) is 5.53. The summed E-state index contributed by atoms with van der Waals surface area (Å²) in [4.78, 5) is 27.1. The van der Waals surface area contributed by atoms with E-state index in [-0.39, 0.29) is 20.7 Å². The number of carbonyl (C=O) groups is 1. The summed E-state index contributed by atoms with van der Waals surface area (Å²) in [6, 6.07) is 2.20. The molecule has 3 aromatic rings. The van der Waals surface area contributed by atoms with Gasteiger partial charge in [-0.2, -0.15) is 0 Å². The number of aryl methyl sites for hydroxylation is 1. The van der Waals surface area contributed by atoms with Gasteiger partial charge in [0.1, 0.15) is 12.1 Å². The third kappa shape index (κ3) is 4.15. The fraction of sp³-hybridized carbons (Fsp3) is 0.429. The third-order valence-electron chi connectivity index (χ3n) is 7.84. The molecule has 37 heavy (non-hydrogen) atoms. The van der Waals surface area contributed by atoms with E-state index in [2.05, 4.69) is 44.4 Å². The Balaban J connectivity index is 1.69. The van der Waals surface area contributed by atoms with E-state index in [1.54, 1.807) is 6.08 Å². The van der Waals surface area contributed by atoms with Crippen molar-refractivity contribution in [3.8, 4) is 5.88 Å². The molecule has 0 unspecified atom stereocenters. The summed E-state index contributed by atoms with van der Waals surface area (Å²) in [6.45, 7) is 12.5. The van der Waals surface area contributed by atoms with Crippen LogP contribution in [-0.4, -0.2) is 33.8 Å². The van der Waals surface area contributed by atoms with Crippen molar-refractivity contribution in [2.24, 2.45) is 0 Å². The zero-order valence-electron chi connectivity index (χ0n) is 21.6. The minimum Gasteiger partial charge on any atom is -0.493 e. The lowest BCUT2D eigenvalue weighted by atomic mass is 9.69. The van der Waals surface area contributed by atoms with Gasteiger partial charge in [0.25, 0.3) is 0 Å². The van der Waals surface area contributed by atoms with Crippen LogP contribution in [0.3, 0.4) is 0 Å². The Morgan fingerprint density at radius 2 is 1.89 bits per heavy atom. The summed E-state index contributed by atoms with van der Waals surface area (Å²) in [5.74, 6) is -1.34. The molecule has 2 N–H and O–H groups in total. The van der Waals surface area contributed by atoms with Crippen LogP contribution < -0.4 is 10.5 Å². The second-order valence-electron chi connectivity index (χ2n) is 11.2. The molecule has 0 fully saturated rings. The van der Waals surface area contributed by atoms with Crippen LogP contribution in [0.15, 0.2) is 21.0 Å². The first-order valence-electron chi connectivity index (χ1n) is 12.3. The highest BCUT2D eigenvalue weighted by atomic mass is 32.1. The molecule has 4 heterocycles. The quantitative estimate of drug-likeness (QED) is 0.240. The number of thiazole rings is 1. The van der Waals surface area contributed by atoms with Crippen LogP contribution in [-0.2, 0) is 22.2 Å². The highest BCUT2D eigenvalue weighted by Gasteiger charge is 2.42. The van der Waals surface area contributed by atoms with Gasteiger partial charge in [-0.15, -0.1) is 17.1 Å². The lowest BCUT2D eigenvalue weighted by Crippen LogP contribution is -2.44. The van der Waals surface area contributed by atoms with Gasteiger partial charge in [-0.25, -0.2) is 4.79 Å². The number of aromatic nitrogens is 1. The highest BCUT2D eigenvalue weighted by molar-refractivity contribution is 7.73. The van der Waals surface area contributed by atoms with Gasteiger partial charge in [0.05, 0.1) is 10.4 Å². The van der Waals surface area contributed by atoms with Crippen molar-refractivity contribution in [3.63, 3.8) is 0 Å². The number of carboxylic acid groups (broad SMARTS) is 1. The molecular formula is C28H30N2O5S2. The van der Waals surface area contributed by atoms with Crippen LogP contribution in [0, 0.1) is 10.9 Å². The summed E-state index contributed by atoms with van der Waals surface area (Å²) in [5, 5.41) is 20.3. The molecule has 0 amide bonds. The topological polar surface area (TPSA) is 95.9 Å². The van der Waals surface area contributed by atoms with Crippen molar-refractivity contribution in [1.29, 1.82) is 0 Å². The smallest absolute Gasteiger partial charge is 0.344 e. The number of rotatable bonds is 4. The van der Waals surface area contributed by atoms with E-state index in [9.17, 15) is 14.7 Å². The van der Waals surface area contributed by atoms with Gasteiger partial charge in [-0.3, -0.25) is 9.36 Å². The van der Waals surface area contributed by atoms with E-state index in [1.165, 1.54) is 17.3 Å². The fourth-order valence-corrected chi connectivity index (χ4v) is 6.73. The lowest BCUT2D eigenvalue weighted by molar-refractivity contribution is -0.137. The zero-order chi connectivity index (χ0) is 26.9. The summed E-state index contributed by atoms with van der Waals surface area (Å²) in [5.41, 5.74) is 7.92. The normalized spacial score (nSPS) is 17.3. The SMILES string of the molecule is Cc1c(C=C=Cc2sc(=S)n(CC(=O)O)c2O)c(=O)oc2c3c4c(cc12)C(C)(C)CCN4CCC3(C)C. The van der Waals surface area contributed by atoms with Gasteiger partial charge in [0.2, 0.25) is 5.88 Å². The van der Waals surface area contributed by atoms with Crippen molar-refractivity contribution in [3.05, 3.63) is 53.3 Å². The Morgan fingerprint density at radius 1 is 1.22 bits per heavy atom. The van der Waals surface area contributed by atoms with E-state index in [4.69, 9.17) is 21.7 Å². The van der Waals surface area contributed by atoms with Crippen LogP contribution in [0.5, 0.6) is 5.88 Å². The maximum absolute atomic E-state index is 13.2. The lowest BCUT2D eigenvalue weighted by Gasteiger charge is -2.48. The molecule has 9 heteroatoms. The number of hydrogen-bond acceptors (Lipinski definition) is 7. The molecule has 2 aliphatic heterocycles. The summed E-state index contributed by atoms with van der Waals surface area (Å²) in [6.07, 6.45) is 5.10. The molecule has 7 nitrogen and oxygen atoms in total. The predicted octanol–water partition coefficient (Wildman–Crippen LogP) is 5.98. The first-order chi connectivity index (χ1) is 17.3. The van der Waals surface area contributed by atoms with Crippen LogP contribution in [0.1, 0.15) is 67.7 Å². The molecule has 2 aliphatic rings. The number of aliphatic carboxylic acids is 1. The van der Waals surface area contributed by atoms with Crippen molar-refractivity contribution in [2.45, 2.75) is 64.8 Å². The van der Waals surface area contributed by atoms with E-state index in [0.717, 1.165) is 58.3 Å². The van der Waals surface area contributed by atoms with Gasteiger partial charge < -0.3 is 19.5 Å². The molecule has 0 saturated carbocycles. The second-order valence-corrected chi connectivity index (χ2v) is 12.9. The Bertz CT molecular complexity index is 1650. The van der Waals surface area contributed by atoms with Gasteiger partial charge in [-0.05, 0) is 66.1 Å². The first-order valence-corrected chi connectivity index (χ1v) is 13.5. The highest BCUT2D eigenvalue weighted by Crippen LogP contribution is 2.52. The van der Waals surface area contributed by atoms with Gasteiger partial charge in [-0.1, -0.05) is 27.7 Å². The van der Waals surface area contributed by atoms with Crippen LogP contribution in [0.4, 0.5) is 5.69 Å². The third-order valence-corrected chi connectivity index (χ3v) is 9.23. The molecule has 1 aromatic carbocycles. The van der Waals surface area contributed by atoms with Gasteiger partial charge >= 0.3 is 11.6 Å². The summed E-state index contributed by atoms with van der Waals surface area (Å²) < 4.78 is 7.43. The van der Waals surface area contributed by atoms with Crippen LogP contribution >= 0.6 is 23.6 Å². The van der Waals surface area contributed by atoms with Crippen LogP contribution in [0.25, 0.3) is 23.1 Å². The number of anilines is 1. The zero-order valence-corrected chi connectivity index (χ0v) is 23.2. The number of benzene rings is 1. The van der Waals surface area contributed by atoms with E-state index in [1.807, 2.05) is 6.92 Å².